The van der Waals surface area contributed by atoms with Crippen LogP contribution in [0.2, 0.25) is 0 Å². The summed E-state index contributed by atoms with van der Waals surface area (Å²) in [4.78, 5) is 6.52. The van der Waals surface area contributed by atoms with E-state index < -0.39 is 0 Å². The Morgan fingerprint density at radius 3 is 3.05 bits per heavy atom. The van der Waals surface area contributed by atoms with Crippen LogP contribution in [-0.2, 0) is 0 Å². The van der Waals surface area contributed by atoms with Crippen LogP contribution >= 0.6 is 0 Å². The zero-order valence-corrected chi connectivity index (χ0v) is 11.8. The van der Waals surface area contributed by atoms with Crippen LogP contribution in [0, 0.1) is 11.7 Å². The lowest BCUT2D eigenvalue weighted by molar-refractivity contribution is 0.564. The second-order valence-electron chi connectivity index (χ2n) is 5.67. The Balaban J connectivity index is 1.51. The molecule has 5 heteroatoms. The smallest absolute Gasteiger partial charge is 0.191 e. The van der Waals surface area contributed by atoms with E-state index in [1.807, 2.05) is 12.1 Å². The van der Waals surface area contributed by atoms with Gasteiger partial charge in [0.2, 0.25) is 0 Å². The molecule has 108 valence electrons. The number of hydrogen-bond acceptors (Lipinski definition) is 4. The number of hydrogen-bond donors (Lipinski definition) is 2. The molecule has 2 atom stereocenters. The van der Waals surface area contributed by atoms with Gasteiger partial charge in [0.05, 0.1) is 12.2 Å². The molecule has 0 amide bonds. The zero-order chi connectivity index (χ0) is 13.9. The van der Waals surface area contributed by atoms with Gasteiger partial charge in [0.1, 0.15) is 5.82 Å². The largest absolute Gasteiger partial charge is 0.369 e. The Kier molecular flexibility index (Phi) is 3.76. The standard InChI is InChI=1S/C15H21FN4/c1-11-8-17-15(19-11)18-9-12-6-7-20(10-12)14-5-3-2-4-13(14)16/h2-5,11-12H,6-10H2,1H3,(H2,17,18,19). The molecule has 1 fully saturated rings. The first kappa shape index (κ1) is 13.2. The van der Waals surface area contributed by atoms with Crippen molar-refractivity contribution >= 4 is 11.6 Å². The fraction of sp³-hybridized carbons (Fsp3) is 0.533. The third-order valence-corrected chi connectivity index (χ3v) is 3.94. The number of nitrogens with one attached hydrogen (secondary N) is 2. The monoisotopic (exact) mass is 276 g/mol. The van der Waals surface area contributed by atoms with Gasteiger partial charge in [-0.2, -0.15) is 0 Å². The first-order chi connectivity index (χ1) is 9.72. The molecule has 2 heterocycles. The van der Waals surface area contributed by atoms with Gasteiger partial charge in [0.25, 0.3) is 0 Å². The molecule has 1 aromatic carbocycles. The number of halogens is 1. The molecule has 1 aromatic rings. The summed E-state index contributed by atoms with van der Waals surface area (Å²) in [6.45, 7) is 5.67. The maximum Gasteiger partial charge on any atom is 0.191 e. The normalized spacial score (nSPS) is 25.5. The fourth-order valence-corrected chi connectivity index (χ4v) is 2.83. The number of para-hydroxylation sites is 1. The van der Waals surface area contributed by atoms with Crippen LogP contribution in [0.3, 0.4) is 0 Å². The Labute approximate surface area is 119 Å². The highest BCUT2D eigenvalue weighted by Crippen LogP contribution is 2.25. The zero-order valence-electron chi connectivity index (χ0n) is 11.8. The summed E-state index contributed by atoms with van der Waals surface area (Å²) in [7, 11) is 0. The summed E-state index contributed by atoms with van der Waals surface area (Å²) in [5.41, 5.74) is 0.722. The quantitative estimate of drug-likeness (QED) is 0.880. The predicted octanol–water partition coefficient (Wildman–Crippen LogP) is 1.59. The van der Waals surface area contributed by atoms with Gasteiger partial charge in [-0.05, 0) is 31.4 Å². The second-order valence-corrected chi connectivity index (χ2v) is 5.67. The highest BCUT2D eigenvalue weighted by Gasteiger charge is 2.24. The predicted molar refractivity (Wildman–Crippen MR) is 79.6 cm³/mol. The molecule has 0 bridgehead atoms. The molecule has 2 unspecified atom stereocenters. The highest BCUT2D eigenvalue weighted by molar-refractivity contribution is 5.81. The van der Waals surface area contributed by atoms with Crippen molar-refractivity contribution in [2.24, 2.45) is 10.9 Å². The van der Waals surface area contributed by atoms with E-state index >= 15 is 0 Å². The van der Waals surface area contributed by atoms with Gasteiger partial charge in [-0.15, -0.1) is 0 Å². The van der Waals surface area contributed by atoms with Crippen LogP contribution in [0.5, 0.6) is 0 Å². The highest BCUT2D eigenvalue weighted by atomic mass is 19.1. The second kappa shape index (κ2) is 5.69. The third kappa shape index (κ3) is 2.86. The summed E-state index contributed by atoms with van der Waals surface area (Å²) in [5.74, 6) is 1.31. The van der Waals surface area contributed by atoms with Gasteiger partial charge in [0.15, 0.2) is 5.96 Å². The van der Waals surface area contributed by atoms with Crippen molar-refractivity contribution in [1.82, 2.24) is 10.6 Å². The lowest BCUT2D eigenvalue weighted by atomic mass is 10.1. The third-order valence-electron chi connectivity index (χ3n) is 3.94. The van der Waals surface area contributed by atoms with Crippen molar-refractivity contribution in [3.05, 3.63) is 30.1 Å². The summed E-state index contributed by atoms with van der Waals surface area (Å²) >= 11 is 0. The van der Waals surface area contributed by atoms with Crippen LogP contribution < -0.4 is 15.5 Å². The molecule has 0 aromatic heterocycles. The molecular weight excluding hydrogens is 255 g/mol. The molecule has 20 heavy (non-hydrogen) atoms. The summed E-state index contributed by atoms with van der Waals surface area (Å²) in [6.07, 6.45) is 1.09. The topological polar surface area (TPSA) is 39.7 Å². The Morgan fingerprint density at radius 2 is 2.30 bits per heavy atom. The molecular formula is C15H21FN4. The number of nitrogens with zero attached hydrogens (tertiary/aromatic N) is 2. The van der Waals surface area contributed by atoms with Crippen LogP contribution in [0.1, 0.15) is 13.3 Å². The molecule has 0 radical (unpaired) electrons. The van der Waals surface area contributed by atoms with Crippen molar-refractivity contribution < 1.29 is 4.39 Å². The van der Waals surface area contributed by atoms with Gasteiger partial charge in [-0.25, -0.2) is 4.39 Å². The number of benzene rings is 1. The van der Waals surface area contributed by atoms with Crippen molar-refractivity contribution in [3.8, 4) is 0 Å². The molecule has 0 spiro atoms. The molecule has 2 aliphatic rings. The Morgan fingerprint density at radius 1 is 1.45 bits per heavy atom. The first-order valence-corrected chi connectivity index (χ1v) is 7.26. The number of anilines is 1. The average Bonchev–Trinajstić information content (AvgIpc) is 3.06. The van der Waals surface area contributed by atoms with Gasteiger partial charge >= 0.3 is 0 Å². The minimum atomic E-state index is -0.128. The van der Waals surface area contributed by atoms with E-state index in [0.717, 1.165) is 44.2 Å². The van der Waals surface area contributed by atoms with Gasteiger partial charge in [-0.1, -0.05) is 12.1 Å². The van der Waals surface area contributed by atoms with Gasteiger partial charge in [-0.3, -0.25) is 4.99 Å². The lowest BCUT2D eigenvalue weighted by Gasteiger charge is -2.19. The van der Waals surface area contributed by atoms with E-state index in [9.17, 15) is 4.39 Å². The van der Waals surface area contributed by atoms with E-state index in [2.05, 4.69) is 27.4 Å². The minimum absolute atomic E-state index is 0.128. The molecule has 3 rings (SSSR count). The van der Waals surface area contributed by atoms with Crippen LogP contribution in [0.25, 0.3) is 0 Å². The van der Waals surface area contributed by atoms with Crippen molar-refractivity contribution in [2.45, 2.75) is 19.4 Å². The van der Waals surface area contributed by atoms with E-state index in [0.29, 0.717) is 12.0 Å². The van der Waals surface area contributed by atoms with Crippen molar-refractivity contribution in [1.29, 1.82) is 0 Å². The van der Waals surface area contributed by atoms with Crippen molar-refractivity contribution in [2.75, 3.05) is 31.1 Å². The molecule has 0 saturated carbocycles. The summed E-state index contributed by atoms with van der Waals surface area (Å²) < 4.78 is 13.8. The Hall–Kier alpha value is -1.78. The molecule has 2 N–H and O–H groups in total. The lowest BCUT2D eigenvalue weighted by Crippen LogP contribution is -2.40. The maximum atomic E-state index is 13.8. The summed E-state index contributed by atoms with van der Waals surface area (Å²) in [6, 6.07) is 7.44. The number of guanidine groups is 1. The SMILES string of the molecule is CC1CN=C(NCC2CCN(c3ccccc3F)C2)N1. The van der Waals surface area contributed by atoms with Crippen LogP contribution in [0.15, 0.2) is 29.3 Å². The van der Waals surface area contributed by atoms with E-state index in [4.69, 9.17) is 0 Å². The minimum Gasteiger partial charge on any atom is -0.369 e. The number of aliphatic imine (C=N–C) groups is 1. The maximum absolute atomic E-state index is 13.8. The molecule has 1 saturated heterocycles. The average molecular weight is 276 g/mol. The molecule has 2 aliphatic heterocycles. The molecule has 0 aliphatic carbocycles. The van der Waals surface area contributed by atoms with Crippen LogP contribution in [0.4, 0.5) is 10.1 Å². The Bertz CT molecular complexity index is 502. The van der Waals surface area contributed by atoms with Gasteiger partial charge < -0.3 is 15.5 Å². The van der Waals surface area contributed by atoms with Crippen molar-refractivity contribution in [3.63, 3.8) is 0 Å². The fourth-order valence-electron chi connectivity index (χ4n) is 2.83. The number of rotatable bonds is 3. The van der Waals surface area contributed by atoms with E-state index in [1.165, 1.54) is 6.07 Å². The molecule has 4 nitrogen and oxygen atoms in total. The van der Waals surface area contributed by atoms with E-state index in [-0.39, 0.29) is 5.82 Å². The first-order valence-electron chi connectivity index (χ1n) is 7.26. The van der Waals surface area contributed by atoms with Crippen LogP contribution in [-0.4, -0.2) is 38.2 Å². The van der Waals surface area contributed by atoms with E-state index in [1.54, 1.807) is 6.07 Å². The van der Waals surface area contributed by atoms with Gasteiger partial charge in [0, 0.05) is 25.7 Å². The summed E-state index contributed by atoms with van der Waals surface area (Å²) in [5, 5.41) is 6.65.